The van der Waals surface area contributed by atoms with Gasteiger partial charge in [0.1, 0.15) is 0 Å². The zero-order chi connectivity index (χ0) is 15.5. The number of nitrogens with one attached hydrogen (secondary N) is 1. The quantitative estimate of drug-likeness (QED) is 0.869. The molecule has 1 fully saturated rings. The van der Waals surface area contributed by atoms with Crippen molar-refractivity contribution in [2.75, 3.05) is 25.0 Å². The summed E-state index contributed by atoms with van der Waals surface area (Å²) >= 11 is 0. The summed E-state index contributed by atoms with van der Waals surface area (Å²) in [7, 11) is 0. The number of carbonyl (C=O) groups excluding carboxylic acids is 2. The van der Waals surface area contributed by atoms with Crippen molar-refractivity contribution in [1.82, 2.24) is 4.90 Å². The fourth-order valence-electron chi connectivity index (χ4n) is 2.23. The third-order valence-corrected chi connectivity index (χ3v) is 3.53. The molecule has 114 valence electrons. The van der Waals surface area contributed by atoms with Gasteiger partial charge in [0.15, 0.2) is 5.78 Å². The maximum Gasteiger partial charge on any atom is 0.250 e. The standard InChI is InChI=1S/C15H18F2N2O2/c1-11(20)12-2-4-13(5-3-12)18-14(21)10-19-8-6-15(16,17)7-9-19/h2-5H,6-10H2,1H3,(H,18,21). The largest absolute Gasteiger partial charge is 0.325 e. The Bertz CT molecular complexity index is 519. The van der Waals surface area contributed by atoms with E-state index in [1.807, 2.05) is 0 Å². The van der Waals surface area contributed by atoms with Gasteiger partial charge in [-0.25, -0.2) is 8.78 Å². The van der Waals surface area contributed by atoms with Gasteiger partial charge in [-0.15, -0.1) is 0 Å². The Hall–Kier alpha value is -1.82. The number of alkyl halides is 2. The number of amides is 1. The lowest BCUT2D eigenvalue weighted by Crippen LogP contribution is -2.42. The molecule has 1 heterocycles. The minimum absolute atomic E-state index is 0.0397. The molecule has 0 unspecified atom stereocenters. The Morgan fingerprint density at radius 1 is 1.19 bits per heavy atom. The molecular weight excluding hydrogens is 278 g/mol. The summed E-state index contributed by atoms with van der Waals surface area (Å²) < 4.78 is 26.0. The summed E-state index contributed by atoms with van der Waals surface area (Å²) in [6.07, 6.45) is -0.402. The van der Waals surface area contributed by atoms with Crippen molar-refractivity contribution in [3.63, 3.8) is 0 Å². The molecule has 2 rings (SSSR count). The van der Waals surface area contributed by atoms with E-state index in [1.165, 1.54) is 6.92 Å². The zero-order valence-electron chi connectivity index (χ0n) is 11.9. The molecule has 0 saturated carbocycles. The lowest BCUT2D eigenvalue weighted by Gasteiger charge is -2.31. The first-order valence-corrected chi connectivity index (χ1v) is 6.87. The normalized spacial score (nSPS) is 18.2. The summed E-state index contributed by atoms with van der Waals surface area (Å²) in [5.41, 5.74) is 1.17. The van der Waals surface area contributed by atoms with Crippen LogP contribution in [-0.4, -0.2) is 42.1 Å². The SMILES string of the molecule is CC(=O)c1ccc(NC(=O)CN2CCC(F)(F)CC2)cc1. The number of likely N-dealkylation sites (tertiary alicyclic amines) is 1. The van der Waals surface area contributed by atoms with E-state index in [2.05, 4.69) is 5.32 Å². The highest BCUT2D eigenvalue weighted by Gasteiger charge is 2.34. The van der Waals surface area contributed by atoms with Gasteiger partial charge >= 0.3 is 0 Å². The Balaban J connectivity index is 1.83. The fourth-order valence-corrected chi connectivity index (χ4v) is 2.23. The van der Waals surface area contributed by atoms with Gasteiger partial charge in [-0.3, -0.25) is 14.5 Å². The Morgan fingerprint density at radius 3 is 2.29 bits per heavy atom. The van der Waals surface area contributed by atoms with Crippen LogP contribution in [0.1, 0.15) is 30.1 Å². The second kappa shape index (κ2) is 6.30. The second-order valence-electron chi connectivity index (χ2n) is 5.31. The van der Waals surface area contributed by atoms with Crippen LogP contribution in [0, 0.1) is 0 Å². The Labute approximate surface area is 122 Å². The minimum atomic E-state index is -2.60. The molecule has 0 bridgehead atoms. The molecule has 4 nitrogen and oxygen atoms in total. The molecule has 1 aliphatic heterocycles. The number of carbonyl (C=O) groups is 2. The number of hydrogen-bond donors (Lipinski definition) is 1. The third kappa shape index (κ3) is 4.60. The van der Waals surface area contributed by atoms with Gasteiger partial charge in [0.05, 0.1) is 6.54 Å². The summed E-state index contributed by atoms with van der Waals surface area (Å²) in [5, 5.41) is 2.70. The summed E-state index contributed by atoms with van der Waals surface area (Å²) in [6, 6.07) is 6.58. The van der Waals surface area contributed by atoms with Gasteiger partial charge in [0.2, 0.25) is 5.91 Å². The van der Waals surface area contributed by atoms with Crippen LogP contribution in [0.5, 0.6) is 0 Å². The average molecular weight is 296 g/mol. The number of benzene rings is 1. The minimum Gasteiger partial charge on any atom is -0.325 e. The van der Waals surface area contributed by atoms with Crippen LogP contribution in [0.3, 0.4) is 0 Å². The first kappa shape index (κ1) is 15.6. The smallest absolute Gasteiger partial charge is 0.250 e. The molecule has 21 heavy (non-hydrogen) atoms. The molecule has 6 heteroatoms. The zero-order valence-corrected chi connectivity index (χ0v) is 11.9. The fraction of sp³-hybridized carbons (Fsp3) is 0.467. The van der Waals surface area contributed by atoms with Gasteiger partial charge in [0.25, 0.3) is 5.92 Å². The molecule has 1 saturated heterocycles. The molecule has 0 aliphatic carbocycles. The van der Waals surface area contributed by atoms with Crippen LogP contribution in [0.4, 0.5) is 14.5 Å². The van der Waals surface area contributed by atoms with Crippen LogP contribution in [0.25, 0.3) is 0 Å². The van der Waals surface area contributed by atoms with Gasteiger partial charge in [-0.1, -0.05) is 0 Å². The number of anilines is 1. The van der Waals surface area contributed by atoms with Crippen LogP contribution < -0.4 is 5.32 Å². The Morgan fingerprint density at radius 2 is 1.76 bits per heavy atom. The lowest BCUT2D eigenvalue weighted by atomic mass is 10.1. The molecule has 1 aliphatic rings. The summed E-state index contributed by atoms with van der Waals surface area (Å²) in [6.45, 7) is 2.03. The highest BCUT2D eigenvalue weighted by Crippen LogP contribution is 2.27. The monoisotopic (exact) mass is 296 g/mol. The highest BCUT2D eigenvalue weighted by atomic mass is 19.3. The second-order valence-corrected chi connectivity index (χ2v) is 5.31. The van der Waals surface area contributed by atoms with Gasteiger partial charge in [-0.05, 0) is 31.2 Å². The summed E-state index contributed by atoms with van der Waals surface area (Å²) in [4.78, 5) is 24.7. The number of hydrogen-bond acceptors (Lipinski definition) is 3. The number of nitrogens with zero attached hydrogens (tertiary/aromatic N) is 1. The molecular formula is C15H18F2N2O2. The van der Waals surface area contributed by atoms with Crippen molar-refractivity contribution < 1.29 is 18.4 Å². The number of rotatable bonds is 4. The van der Waals surface area contributed by atoms with Gasteiger partial charge < -0.3 is 5.32 Å². The predicted octanol–water partition coefficient (Wildman–Crippen LogP) is 2.56. The van der Waals surface area contributed by atoms with Gasteiger partial charge in [0, 0.05) is 37.2 Å². The molecule has 1 N–H and O–H groups in total. The topological polar surface area (TPSA) is 49.4 Å². The first-order valence-electron chi connectivity index (χ1n) is 6.87. The van der Waals surface area contributed by atoms with E-state index < -0.39 is 5.92 Å². The van der Waals surface area contributed by atoms with E-state index in [4.69, 9.17) is 0 Å². The van der Waals surface area contributed by atoms with Crippen molar-refractivity contribution in [2.24, 2.45) is 0 Å². The molecule has 1 aromatic carbocycles. The van der Waals surface area contributed by atoms with Crippen molar-refractivity contribution in [2.45, 2.75) is 25.7 Å². The molecule has 0 spiro atoms. The van der Waals surface area contributed by atoms with Crippen molar-refractivity contribution in [3.05, 3.63) is 29.8 Å². The van der Waals surface area contributed by atoms with Crippen molar-refractivity contribution in [3.8, 4) is 0 Å². The predicted molar refractivity (Wildman–Crippen MR) is 75.7 cm³/mol. The van der Waals surface area contributed by atoms with E-state index in [0.717, 1.165) is 0 Å². The molecule has 0 atom stereocenters. The number of ketones is 1. The number of Topliss-reactive ketones (excluding diaryl/α,β-unsaturated/α-hetero) is 1. The maximum absolute atomic E-state index is 13.0. The van der Waals surface area contributed by atoms with Crippen LogP contribution in [-0.2, 0) is 4.79 Å². The lowest BCUT2D eigenvalue weighted by molar-refractivity contribution is -0.119. The van der Waals surface area contributed by atoms with Crippen LogP contribution in [0.15, 0.2) is 24.3 Å². The number of piperidine rings is 1. The number of halogens is 2. The average Bonchev–Trinajstić information content (AvgIpc) is 2.42. The van der Waals surface area contributed by atoms with E-state index >= 15 is 0 Å². The van der Waals surface area contributed by atoms with E-state index in [9.17, 15) is 18.4 Å². The Kier molecular flexibility index (Phi) is 4.67. The van der Waals surface area contributed by atoms with Crippen molar-refractivity contribution in [1.29, 1.82) is 0 Å². The molecule has 1 aromatic rings. The van der Waals surface area contributed by atoms with E-state index in [-0.39, 0.29) is 44.2 Å². The van der Waals surface area contributed by atoms with Gasteiger partial charge in [-0.2, -0.15) is 0 Å². The van der Waals surface area contributed by atoms with Crippen molar-refractivity contribution >= 4 is 17.4 Å². The van der Waals surface area contributed by atoms with E-state index in [1.54, 1.807) is 29.2 Å². The van der Waals surface area contributed by atoms with Crippen LogP contribution >= 0.6 is 0 Å². The molecule has 1 amide bonds. The van der Waals surface area contributed by atoms with E-state index in [0.29, 0.717) is 11.3 Å². The molecule has 0 radical (unpaired) electrons. The molecule has 0 aromatic heterocycles. The summed E-state index contributed by atoms with van der Waals surface area (Å²) in [5.74, 6) is -2.88. The maximum atomic E-state index is 13.0. The highest BCUT2D eigenvalue weighted by molar-refractivity contribution is 5.96. The third-order valence-electron chi connectivity index (χ3n) is 3.53. The van der Waals surface area contributed by atoms with Crippen LogP contribution in [0.2, 0.25) is 0 Å². The first-order chi connectivity index (χ1) is 9.85.